The maximum absolute atomic E-state index is 11.1. The van der Waals surface area contributed by atoms with Gasteiger partial charge in [0.2, 0.25) is 0 Å². The highest BCUT2D eigenvalue weighted by molar-refractivity contribution is 5.75. The molecule has 0 aliphatic rings. The predicted octanol–water partition coefficient (Wildman–Crippen LogP) is -2.19. The average molecular weight is 207 g/mol. The number of esters is 1. The third-order valence-electron chi connectivity index (χ3n) is 1.86. The lowest BCUT2D eigenvalue weighted by Gasteiger charge is -2.26. The molecule has 6 heteroatoms. The zero-order valence-corrected chi connectivity index (χ0v) is 8.22. The van der Waals surface area contributed by atoms with Gasteiger partial charge in [-0.2, -0.15) is 0 Å². The minimum Gasteiger partial charge on any atom is -0.468 e. The Morgan fingerprint density at radius 2 is 1.79 bits per heavy atom. The summed E-state index contributed by atoms with van der Waals surface area (Å²) in [5, 5.41) is 26.4. The van der Waals surface area contributed by atoms with Gasteiger partial charge in [-0.15, -0.1) is 0 Å². The molecule has 0 heterocycles. The van der Waals surface area contributed by atoms with Crippen LogP contribution in [0.5, 0.6) is 0 Å². The van der Waals surface area contributed by atoms with Gasteiger partial charge in [-0.05, 0) is 0 Å². The third kappa shape index (κ3) is 4.01. The van der Waals surface area contributed by atoms with Gasteiger partial charge in [0, 0.05) is 13.1 Å². The third-order valence-corrected chi connectivity index (χ3v) is 1.86. The summed E-state index contributed by atoms with van der Waals surface area (Å²) in [4.78, 5) is 12.6. The molecule has 0 bridgehead atoms. The largest absolute Gasteiger partial charge is 0.468 e. The normalized spacial score (nSPS) is 12.9. The molecule has 0 aliphatic carbocycles. The van der Waals surface area contributed by atoms with E-state index < -0.39 is 18.6 Å². The standard InChI is InChI=1S/C8H17NO5/c1-14-8(13)7(6-12)9(2-4-10)3-5-11/h7,10-12H,2-6H2,1H3. The van der Waals surface area contributed by atoms with Crippen LogP contribution < -0.4 is 0 Å². The number of aliphatic hydroxyl groups excluding tert-OH is 3. The molecular weight excluding hydrogens is 190 g/mol. The molecule has 0 radical (unpaired) electrons. The molecule has 14 heavy (non-hydrogen) atoms. The van der Waals surface area contributed by atoms with Gasteiger partial charge in [0.25, 0.3) is 0 Å². The Morgan fingerprint density at radius 1 is 1.29 bits per heavy atom. The smallest absolute Gasteiger partial charge is 0.325 e. The van der Waals surface area contributed by atoms with E-state index in [0.29, 0.717) is 0 Å². The van der Waals surface area contributed by atoms with Gasteiger partial charge in [-0.1, -0.05) is 0 Å². The molecule has 0 aromatic rings. The van der Waals surface area contributed by atoms with E-state index >= 15 is 0 Å². The molecule has 0 fully saturated rings. The molecule has 0 amide bonds. The van der Waals surface area contributed by atoms with Crippen molar-refractivity contribution < 1.29 is 24.9 Å². The number of carbonyl (C=O) groups excluding carboxylic acids is 1. The number of carbonyl (C=O) groups is 1. The first-order valence-electron chi connectivity index (χ1n) is 4.35. The number of nitrogens with zero attached hydrogens (tertiary/aromatic N) is 1. The Hall–Kier alpha value is -0.690. The molecule has 1 unspecified atom stereocenters. The van der Waals surface area contributed by atoms with E-state index in [1.54, 1.807) is 0 Å². The first-order chi connectivity index (χ1) is 6.71. The van der Waals surface area contributed by atoms with Gasteiger partial charge in [-0.3, -0.25) is 9.69 Å². The van der Waals surface area contributed by atoms with Crippen LogP contribution in [0.1, 0.15) is 0 Å². The number of hydrogen-bond donors (Lipinski definition) is 3. The van der Waals surface area contributed by atoms with Gasteiger partial charge in [0.15, 0.2) is 0 Å². The number of ether oxygens (including phenoxy) is 1. The van der Waals surface area contributed by atoms with Crippen LogP contribution in [-0.2, 0) is 9.53 Å². The van der Waals surface area contributed by atoms with Crippen LogP contribution in [0.2, 0.25) is 0 Å². The highest BCUT2D eigenvalue weighted by atomic mass is 16.5. The maximum Gasteiger partial charge on any atom is 0.325 e. The Bertz CT molecular complexity index is 158. The minimum absolute atomic E-state index is 0.145. The van der Waals surface area contributed by atoms with E-state index in [0.717, 1.165) is 0 Å². The molecule has 0 spiro atoms. The fraction of sp³-hybridized carbons (Fsp3) is 0.875. The number of aliphatic hydroxyl groups is 3. The zero-order valence-electron chi connectivity index (χ0n) is 8.22. The van der Waals surface area contributed by atoms with Gasteiger partial charge in [0.05, 0.1) is 26.9 Å². The van der Waals surface area contributed by atoms with Crippen LogP contribution in [0.3, 0.4) is 0 Å². The molecule has 6 nitrogen and oxygen atoms in total. The second-order valence-corrected chi connectivity index (χ2v) is 2.70. The van der Waals surface area contributed by atoms with Gasteiger partial charge in [-0.25, -0.2) is 0 Å². The van der Waals surface area contributed by atoms with E-state index in [9.17, 15) is 4.79 Å². The maximum atomic E-state index is 11.1. The quantitative estimate of drug-likeness (QED) is 0.411. The molecule has 0 aromatic heterocycles. The topological polar surface area (TPSA) is 90.2 Å². The van der Waals surface area contributed by atoms with Gasteiger partial charge in [0.1, 0.15) is 6.04 Å². The highest BCUT2D eigenvalue weighted by Gasteiger charge is 2.24. The lowest BCUT2D eigenvalue weighted by molar-refractivity contribution is -0.149. The first-order valence-corrected chi connectivity index (χ1v) is 4.35. The van der Waals surface area contributed by atoms with E-state index in [-0.39, 0.29) is 26.3 Å². The summed E-state index contributed by atoms with van der Waals surface area (Å²) in [5.74, 6) is -0.575. The molecule has 84 valence electrons. The summed E-state index contributed by atoms with van der Waals surface area (Å²) in [5.41, 5.74) is 0. The summed E-state index contributed by atoms with van der Waals surface area (Å²) in [6.45, 7) is -0.268. The number of hydrogen-bond acceptors (Lipinski definition) is 6. The SMILES string of the molecule is COC(=O)C(CO)N(CCO)CCO. The monoisotopic (exact) mass is 207 g/mol. The van der Waals surface area contributed by atoms with Crippen molar-refractivity contribution in [1.82, 2.24) is 4.90 Å². The average Bonchev–Trinajstić information content (AvgIpc) is 2.19. The summed E-state index contributed by atoms with van der Waals surface area (Å²) < 4.78 is 4.47. The van der Waals surface area contributed by atoms with E-state index in [4.69, 9.17) is 15.3 Å². The second-order valence-electron chi connectivity index (χ2n) is 2.70. The molecular formula is C8H17NO5. The van der Waals surface area contributed by atoms with Crippen molar-refractivity contribution in [1.29, 1.82) is 0 Å². The lowest BCUT2D eigenvalue weighted by Crippen LogP contribution is -2.47. The highest BCUT2D eigenvalue weighted by Crippen LogP contribution is 2.00. The molecule has 0 saturated heterocycles. The van der Waals surface area contributed by atoms with Gasteiger partial charge >= 0.3 is 5.97 Å². The Kier molecular flexibility index (Phi) is 7.31. The predicted molar refractivity (Wildman–Crippen MR) is 48.6 cm³/mol. The Morgan fingerprint density at radius 3 is 2.07 bits per heavy atom. The van der Waals surface area contributed by atoms with E-state index in [1.165, 1.54) is 12.0 Å². The van der Waals surface area contributed by atoms with Crippen LogP contribution in [0.4, 0.5) is 0 Å². The lowest BCUT2D eigenvalue weighted by atomic mass is 10.2. The summed E-state index contributed by atoms with van der Waals surface area (Å²) in [6.07, 6.45) is 0. The number of rotatable bonds is 7. The van der Waals surface area contributed by atoms with Crippen molar-refractivity contribution >= 4 is 5.97 Å². The molecule has 0 rings (SSSR count). The molecule has 1 atom stereocenters. The van der Waals surface area contributed by atoms with Crippen molar-refractivity contribution in [3.05, 3.63) is 0 Å². The summed E-state index contributed by atoms with van der Waals surface area (Å²) in [7, 11) is 1.22. The molecule has 0 aliphatic heterocycles. The van der Waals surface area contributed by atoms with Crippen molar-refractivity contribution in [2.24, 2.45) is 0 Å². The van der Waals surface area contributed by atoms with Crippen molar-refractivity contribution in [3.63, 3.8) is 0 Å². The van der Waals surface area contributed by atoms with Crippen molar-refractivity contribution in [2.75, 3.05) is 40.0 Å². The summed E-state index contributed by atoms with van der Waals surface area (Å²) in [6, 6.07) is -0.820. The second kappa shape index (κ2) is 7.69. The summed E-state index contributed by atoms with van der Waals surface area (Å²) >= 11 is 0. The van der Waals surface area contributed by atoms with Crippen LogP contribution in [0.25, 0.3) is 0 Å². The van der Waals surface area contributed by atoms with Crippen LogP contribution in [0, 0.1) is 0 Å². The van der Waals surface area contributed by atoms with Crippen molar-refractivity contribution in [3.8, 4) is 0 Å². The molecule has 0 aromatic carbocycles. The van der Waals surface area contributed by atoms with E-state index in [1.807, 2.05) is 0 Å². The molecule has 0 saturated carbocycles. The van der Waals surface area contributed by atoms with Crippen LogP contribution in [0.15, 0.2) is 0 Å². The Labute approximate surface area is 82.7 Å². The zero-order chi connectivity index (χ0) is 11.0. The minimum atomic E-state index is -0.820. The Balaban J connectivity index is 4.31. The van der Waals surface area contributed by atoms with E-state index in [2.05, 4.69) is 4.74 Å². The fourth-order valence-electron chi connectivity index (χ4n) is 1.16. The number of methoxy groups -OCH3 is 1. The van der Waals surface area contributed by atoms with Crippen molar-refractivity contribution in [2.45, 2.75) is 6.04 Å². The van der Waals surface area contributed by atoms with Crippen LogP contribution in [-0.4, -0.2) is 72.3 Å². The van der Waals surface area contributed by atoms with Gasteiger partial charge < -0.3 is 20.1 Å². The first kappa shape index (κ1) is 13.3. The molecule has 3 N–H and O–H groups in total. The van der Waals surface area contributed by atoms with Crippen LogP contribution >= 0.6 is 0 Å². The fourth-order valence-corrected chi connectivity index (χ4v) is 1.16.